The molecule has 1 aliphatic heterocycles. The predicted octanol–water partition coefficient (Wildman–Crippen LogP) is 0.846. The molecule has 1 saturated heterocycles. The van der Waals surface area contributed by atoms with Crippen LogP contribution in [0, 0.1) is 5.41 Å². The zero-order valence-electron chi connectivity index (χ0n) is 10.1. The van der Waals surface area contributed by atoms with E-state index >= 15 is 0 Å². The summed E-state index contributed by atoms with van der Waals surface area (Å²) in [6.45, 7) is 5.72. The van der Waals surface area contributed by atoms with E-state index in [9.17, 15) is 8.42 Å². The van der Waals surface area contributed by atoms with Crippen LogP contribution in [0.1, 0.15) is 39.5 Å². The lowest BCUT2D eigenvalue weighted by Crippen LogP contribution is -2.46. The predicted molar refractivity (Wildman–Crippen MR) is 64.8 cm³/mol. The molecule has 0 radical (unpaired) electrons. The van der Waals surface area contributed by atoms with Gasteiger partial charge in [0.1, 0.15) is 0 Å². The Morgan fingerprint density at radius 3 is 2.56 bits per heavy atom. The Balaban J connectivity index is 2.03. The van der Waals surface area contributed by atoms with Gasteiger partial charge in [0.2, 0.25) is 10.0 Å². The molecule has 2 atom stereocenters. The fourth-order valence-electron chi connectivity index (χ4n) is 2.73. The number of hydrogen-bond acceptors (Lipinski definition) is 3. The molecule has 2 N–H and O–H groups in total. The van der Waals surface area contributed by atoms with Gasteiger partial charge in [-0.25, -0.2) is 13.1 Å². The lowest BCUT2D eigenvalue weighted by molar-refractivity contribution is 0.312. The molecule has 0 aromatic heterocycles. The van der Waals surface area contributed by atoms with E-state index in [0.29, 0.717) is 6.54 Å². The van der Waals surface area contributed by atoms with Crippen LogP contribution < -0.4 is 10.0 Å². The summed E-state index contributed by atoms with van der Waals surface area (Å²) < 4.78 is 27.2. The van der Waals surface area contributed by atoms with Crippen LogP contribution in [-0.2, 0) is 10.0 Å². The molecule has 0 spiro atoms. The highest BCUT2D eigenvalue weighted by Gasteiger charge is 2.39. The van der Waals surface area contributed by atoms with Crippen molar-refractivity contribution in [1.29, 1.82) is 0 Å². The second-order valence-electron chi connectivity index (χ2n) is 5.71. The van der Waals surface area contributed by atoms with Gasteiger partial charge in [-0.3, -0.25) is 0 Å². The lowest BCUT2D eigenvalue weighted by Gasteiger charge is -2.28. The summed E-state index contributed by atoms with van der Waals surface area (Å²) in [6.07, 6.45) is 3.96. The Morgan fingerprint density at radius 1 is 1.31 bits per heavy atom. The smallest absolute Gasteiger partial charge is 0.216 e. The first-order valence-electron chi connectivity index (χ1n) is 6.14. The fourth-order valence-corrected chi connectivity index (χ4v) is 4.52. The van der Waals surface area contributed by atoms with Gasteiger partial charge >= 0.3 is 0 Å². The van der Waals surface area contributed by atoms with Crippen LogP contribution in [0.4, 0.5) is 0 Å². The number of nitrogens with one attached hydrogen (secondary N) is 2. The average Bonchev–Trinajstić information content (AvgIpc) is 2.76. The van der Waals surface area contributed by atoms with E-state index in [2.05, 4.69) is 23.9 Å². The molecule has 1 heterocycles. The minimum atomic E-state index is -3.13. The molecular weight excluding hydrogens is 224 g/mol. The van der Waals surface area contributed by atoms with Gasteiger partial charge in [0.15, 0.2) is 0 Å². The molecule has 94 valence electrons. The highest BCUT2D eigenvalue weighted by Crippen LogP contribution is 2.37. The van der Waals surface area contributed by atoms with E-state index in [4.69, 9.17) is 0 Å². The number of rotatable bonds is 3. The molecule has 2 unspecified atom stereocenters. The first kappa shape index (κ1) is 12.3. The second kappa shape index (κ2) is 4.27. The standard InChI is InChI=1S/C11H22N2O2S/c1-11(2)6-3-4-10(11)13-16(14,15)9-5-7-12-8-9/h9-10,12-13H,3-8H2,1-2H3. The van der Waals surface area contributed by atoms with Crippen LogP contribution in [-0.4, -0.2) is 32.8 Å². The minimum Gasteiger partial charge on any atom is -0.315 e. The molecule has 0 bridgehead atoms. The Bertz CT molecular complexity index is 345. The summed E-state index contributed by atoms with van der Waals surface area (Å²) in [6, 6.07) is 0.123. The van der Waals surface area contributed by atoms with Crippen LogP contribution in [0.5, 0.6) is 0 Å². The van der Waals surface area contributed by atoms with Gasteiger partial charge in [-0.15, -0.1) is 0 Å². The van der Waals surface area contributed by atoms with Gasteiger partial charge in [-0.2, -0.15) is 0 Å². The van der Waals surface area contributed by atoms with Crippen molar-refractivity contribution in [3.05, 3.63) is 0 Å². The zero-order valence-corrected chi connectivity index (χ0v) is 10.9. The monoisotopic (exact) mass is 246 g/mol. The van der Waals surface area contributed by atoms with E-state index in [0.717, 1.165) is 32.2 Å². The molecule has 4 nitrogen and oxygen atoms in total. The zero-order chi connectivity index (χ0) is 11.8. The third kappa shape index (κ3) is 2.41. The van der Waals surface area contributed by atoms with Crippen LogP contribution in [0.25, 0.3) is 0 Å². The molecule has 2 fully saturated rings. The topological polar surface area (TPSA) is 58.2 Å². The average molecular weight is 246 g/mol. The molecule has 0 aromatic rings. The highest BCUT2D eigenvalue weighted by atomic mass is 32.2. The third-order valence-electron chi connectivity index (χ3n) is 4.02. The van der Waals surface area contributed by atoms with E-state index < -0.39 is 10.0 Å². The molecule has 2 rings (SSSR count). The van der Waals surface area contributed by atoms with Crippen molar-refractivity contribution in [2.75, 3.05) is 13.1 Å². The lowest BCUT2D eigenvalue weighted by atomic mass is 9.88. The van der Waals surface area contributed by atoms with E-state index in [1.165, 1.54) is 0 Å². The van der Waals surface area contributed by atoms with Gasteiger partial charge in [0.25, 0.3) is 0 Å². The highest BCUT2D eigenvalue weighted by molar-refractivity contribution is 7.90. The molecule has 0 amide bonds. The normalized spacial score (nSPS) is 34.4. The Kier molecular flexibility index (Phi) is 3.29. The largest absolute Gasteiger partial charge is 0.315 e. The maximum atomic E-state index is 12.1. The van der Waals surface area contributed by atoms with Crippen LogP contribution >= 0.6 is 0 Å². The van der Waals surface area contributed by atoms with Gasteiger partial charge in [0, 0.05) is 12.6 Å². The number of hydrogen-bond donors (Lipinski definition) is 2. The Labute approximate surface area is 98.2 Å². The summed E-state index contributed by atoms with van der Waals surface area (Å²) in [4.78, 5) is 0. The van der Waals surface area contributed by atoms with Gasteiger partial charge in [-0.05, 0) is 31.2 Å². The molecular formula is C11H22N2O2S. The molecule has 2 aliphatic rings. The van der Waals surface area contributed by atoms with Crippen molar-refractivity contribution >= 4 is 10.0 Å². The van der Waals surface area contributed by atoms with Crippen LogP contribution in [0.2, 0.25) is 0 Å². The molecule has 0 aromatic carbocycles. The fraction of sp³-hybridized carbons (Fsp3) is 1.00. The molecule has 16 heavy (non-hydrogen) atoms. The van der Waals surface area contributed by atoms with E-state index in [-0.39, 0.29) is 16.7 Å². The maximum Gasteiger partial charge on any atom is 0.216 e. The summed E-state index contributed by atoms with van der Waals surface area (Å²) in [5.41, 5.74) is 0.110. The van der Waals surface area contributed by atoms with Crippen molar-refractivity contribution in [1.82, 2.24) is 10.0 Å². The van der Waals surface area contributed by atoms with Gasteiger partial charge in [0.05, 0.1) is 5.25 Å². The van der Waals surface area contributed by atoms with Gasteiger partial charge in [-0.1, -0.05) is 20.3 Å². The summed E-state index contributed by atoms with van der Waals surface area (Å²) in [5, 5.41) is 2.87. The van der Waals surface area contributed by atoms with Crippen LogP contribution in [0.3, 0.4) is 0 Å². The molecule has 5 heteroatoms. The van der Waals surface area contributed by atoms with Crippen molar-refractivity contribution in [2.24, 2.45) is 5.41 Å². The summed E-state index contributed by atoms with van der Waals surface area (Å²) in [7, 11) is -3.13. The third-order valence-corrected chi connectivity index (χ3v) is 5.91. The molecule has 1 aliphatic carbocycles. The van der Waals surface area contributed by atoms with Crippen molar-refractivity contribution in [3.8, 4) is 0 Å². The van der Waals surface area contributed by atoms with Crippen molar-refractivity contribution in [2.45, 2.75) is 50.8 Å². The summed E-state index contributed by atoms with van der Waals surface area (Å²) in [5.74, 6) is 0. The quantitative estimate of drug-likeness (QED) is 0.776. The number of sulfonamides is 1. The van der Waals surface area contributed by atoms with Gasteiger partial charge < -0.3 is 5.32 Å². The van der Waals surface area contributed by atoms with Crippen molar-refractivity contribution in [3.63, 3.8) is 0 Å². The second-order valence-corrected chi connectivity index (χ2v) is 7.70. The molecule has 1 saturated carbocycles. The first-order chi connectivity index (χ1) is 7.42. The SMILES string of the molecule is CC1(C)CCCC1NS(=O)(=O)C1CCNC1. The Hall–Kier alpha value is -0.130. The van der Waals surface area contributed by atoms with Crippen molar-refractivity contribution < 1.29 is 8.42 Å². The summed E-state index contributed by atoms with van der Waals surface area (Å²) >= 11 is 0. The first-order valence-corrected chi connectivity index (χ1v) is 7.68. The Morgan fingerprint density at radius 2 is 2.06 bits per heavy atom. The van der Waals surface area contributed by atoms with E-state index in [1.807, 2.05) is 0 Å². The van der Waals surface area contributed by atoms with E-state index in [1.54, 1.807) is 0 Å². The van der Waals surface area contributed by atoms with Crippen LogP contribution in [0.15, 0.2) is 0 Å². The minimum absolute atomic E-state index is 0.110. The maximum absolute atomic E-state index is 12.1.